The number of hydrogen-bond acceptors (Lipinski definition) is 0. The molecule has 7 aromatic rings. The normalized spacial score (nSPS) is 16.3. The van der Waals surface area contributed by atoms with Crippen LogP contribution in [0.3, 0.4) is 0 Å². The first kappa shape index (κ1) is 24.0. The first-order valence-corrected chi connectivity index (χ1v) is 14.6. The topological polar surface area (TPSA) is 4.93 Å². The summed E-state index contributed by atoms with van der Waals surface area (Å²) in [6.45, 7) is 2.41. The smallest absolute Gasteiger partial charge is 0.0541 e. The fourth-order valence-corrected chi connectivity index (χ4v) is 7.07. The van der Waals surface area contributed by atoms with Crippen LogP contribution >= 0.6 is 0 Å². The van der Waals surface area contributed by atoms with Crippen LogP contribution < -0.4 is 0 Å². The molecule has 1 aliphatic rings. The van der Waals surface area contributed by atoms with Crippen molar-refractivity contribution in [1.29, 1.82) is 0 Å². The van der Waals surface area contributed by atoms with E-state index < -0.39 is 0 Å². The summed E-state index contributed by atoms with van der Waals surface area (Å²) in [7, 11) is 0. The van der Waals surface area contributed by atoms with Gasteiger partial charge in [-0.3, -0.25) is 0 Å². The molecule has 2 unspecified atom stereocenters. The second-order valence-corrected chi connectivity index (χ2v) is 11.4. The Labute approximate surface area is 241 Å². The minimum absolute atomic E-state index is 0.417. The molecule has 6 aromatic carbocycles. The van der Waals surface area contributed by atoms with Gasteiger partial charge in [0.05, 0.1) is 11.0 Å². The molecule has 0 radical (unpaired) electrons. The van der Waals surface area contributed by atoms with E-state index in [1.807, 2.05) is 0 Å². The lowest BCUT2D eigenvalue weighted by Gasteiger charge is -2.24. The largest absolute Gasteiger partial charge is 0.309 e. The van der Waals surface area contributed by atoms with Gasteiger partial charge < -0.3 is 4.57 Å². The molecule has 0 amide bonds. The van der Waals surface area contributed by atoms with Gasteiger partial charge in [0, 0.05) is 16.5 Å². The molecule has 0 saturated carbocycles. The van der Waals surface area contributed by atoms with Crippen LogP contribution in [0.15, 0.2) is 146 Å². The van der Waals surface area contributed by atoms with E-state index in [2.05, 4.69) is 157 Å². The monoisotopic (exact) mass is 525 g/mol. The summed E-state index contributed by atoms with van der Waals surface area (Å²) in [5.74, 6) is 0.866. The zero-order chi connectivity index (χ0) is 27.3. The van der Waals surface area contributed by atoms with Gasteiger partial charge in [-0.05, 0) is 93.6 Å². The molecule has 0 fully saturated rings. The highest BCUT2D eigenvalue weighted by Gasteiger charge is 2.28. The highest BCUT2D eigenvalue weighted by Crippen LogP contribution is 2.46. The first-order valence-electron chi connectivity index (χ1n) is 14.6. The number of nitrogens with zero attached hydrogens (tertiary/aromatic N) is 1. The lowest BCUT2D eigenvalue weighted by atomic mass is 9.80. The fraction of sp³-hybridized carbons (Fsp3) is 0.100. The Bertz CT molecular complexity index is 2030. The summed E-state index contributed by atoms with van der Waals surface area (Å²) in [5, 5.41) is 2.57. The molecule has 0 aliphatic heterocycles. The van der Waals surface area contributed by atoms with E-state index in [0.29, 0.717) is 11.8 Å². The SMILES string of the molecule is CC1c2ccc(-c3ccc4c(c3)c3ccccc3n4-c3ccccc3)cc2-c2ccccc2CC1c1ccccc1. The summed E-state index contributed by atoms with van der Waals surface area (Å²) in [4.78, 5) is 0. The van der Waals surface area contributed by atoms with Crippen LogP contribution in [0.25, 0.3) is 49.7 Å². The van der Waals surface area contributed by atoms with Crippen molar-refractivity contribution in [2.75, 3.05) is 0 Å². The zero-order valence-corrected chi connectivity index (χ0v) is 23.2. The molecule has 1 nitrogen and oxygen atoms in total. The Morgan fingerprint density at radius 3 is 2.05 bits per heavy atom. The van der Waals surface area contributed by atoms with Gasteiger partial charge in [0.25, 0.3) is 0 Å². The van der Waals surface area contributed by atoms with Crippen molar-refractivity contribution < 1.29 is 0 Å². The number of benzene rings is 6. The lowest BCUT2D eigenvalue weighted by molar-refractivity contribution is 0.579. The maximum atomic E-state index is 2.44. The highest BCUT2D eigenvalue weighted by molar-refractivity contribution is 6.10. The van der Waals surface area contributed by atoms with Crippen LogP contribution in [0.5, 0.6) is 0 Å². The van der Waals surface area contributed by atoms with Crippen LogP contribution in [0.4, 0.5) is 0 Å². The van der Waals surface area contributed by atoms with E-state index in [0.717, 1.165) is 6.42 Å². The summed E-state index contributed by atoms with van der Waals surface area (Å²) in [6.07, 6.45) is 1.05. The fourth-order valence-electron chi connectivity index (χ4n) is 7.07. The van der Waals surface area contributed by atoms with E-state index in [9.17, 15) is 0 Å². The Balaban J connectivity index is 1.30. The molecule has 0 spiro atoms. The van der Waals surface area contributed by atoms with Crippen LogP contribution in [0.2, 0.25) is 0 Å². The third-order valence-corrected chi connectivity index (χ3v) is 9.14. The predicted octanol–water partition coefficient (Wildman–Crippen LogP) is 10.6. The van der Waals surface area contributed by atoms with Crippen LogP contribution in [0, 0.1) is 0 Å². The molecular formula is C40H31N. The van der Waals surface area contributed by atoms with Crippen LogP contribution in [-0.4, -0.2) is 4.57 Å². The number of aromatic nitrogens is 1. The quantitative estimate of drug-likeness (QED) is 0.216. The average Bonchev–Trinajstić information content (AvgIpc) is 3.31. The molecule has 41 heavy (non-hydrogen) atoms. The summed E-state index contributed by atoms with van der Waals surface area (Å²) < 4.78 is 2.38. The van der Waals surface area contributed by atoms with E-state index in [-0.39, 0.29) is 0 Å². The number of para-hydroxylation sites is 2. The number of hydrogen-bond donors (Lipinski definition) is 0. The van der Waals surface area contributed by atoms with Crippen molar-refractivity contribution >= 4 is 21.8 Å². The van der Waals surface area contributed by atoms with Crippen molar-refractivity contribution in [3.8, 4) is 27.9 Å². The van der Waals surface area contributed by atoms with Gasteiger partial charge in [0.1, 0.15) is 0 Å². The van der Waals surface area contributed by atoms with Gasteiger partial charge in [-0.25, -0.2) is 0 Å². The molecular weight excluding hydrogens is 494 g/mol. The summed E-state index contributed by atoms with van der Waals surface area (Å²) in [5.41, 5.74) is 13.2. The van der Waals surface area contributed by atoms with E-state index in [4.69, 9.17) is 0 Å². The van der Waals surface area contributed by atoms with Crippen molar-refractivity contribution in [2.24, 2.45) is 0 Å². The second-order valence-electron chi connectivity index (χ2n) is 11.4. The molecule has 1 heteroatoms. The maximum Gasteiger partial charge on any atom is 0.0541 e. The molecule has 1 aliphatic carbocycles. The van der Waals surface area contributed by atoms with Crippen molar-refractivity contribution in [3.05, 3.63) is 162 Å². The molecule has 0 saturated heterocycles. The standard InChI is InChI=1S/C40H31N/c1-27-33-22-20-29(24-37(33)34-17-9-8-14-31(34)26-36(27)28-12-4-2-5-13-28)30-21-23-40-38(25-30)35-18-10-11-19-39(35)41(40)32-15-6-3-7-16-32/h2-25,27,36H,26H2,1H3. The molecule has 1 heterocycles. The molecule has 2 atom stereocenters. The minimum Gasteiger partial charge on any atom is -0.309 e. The van der Waals surface area contributed by atoms with Crippen molar-refractivity contribution in [1.82, 2.24) is 4.57 Å². The lowest BCUT2D eigenvalue weighted by Crippen LogP contribution is -2.10. The van der Waals surface area contributed by atoms with Gasteiger partial charge in [0.15, 0.2) is 0 Å². The third kappa shape index (κ3) is 3.92. The molecule has 196 valence electrons. The van der Waals surface area contributed by atoms with Gasteiger partial charge in [0.2, 0.25) is 0 Å². The Hall–Kier alpha value is -4.88. The van der Waals surface area contributed by atoms with E-state index in [1.54, 1.807) is 0 Å². The third-order valence-electron chi connectivity index (χ3n) is 9.14. The van der Waals surface area contributed by atoms with Crippen LogP contribution in [-0.2, 0) is 6.42 Å². The second kappa shape index (κ2) is 9.64. The molecule has 8 rings (SSSR count). The number of fused-ring (bicyclic) bond motifs is 6. The van der Waals surface area contributed by atoms with E-state index >= 15 is 0 Å². The Morgan fingerprint density at radius 1 is 0.537 bits per heavy atom. The predicted molar refractivity (Wildman–Crippen MR) is 173 cm³/mol. The Morgan fingerprint density at radius 2 is 1.20 bits per heavy atom. The molecule has 0 bridgehead atoms. The van der Waals surface area contributed by atoms with Gasteiger partial charge in [-0.2, -0.15) is 0 Å². The first-order chi connectivity index (χ1) is 20.3. The van der Waals surface area contributed by atoms with Crippen molar-refractivity contribution in [3.63, 3.8) is 0 Å². The maximum absolute atomic E-state index is 2.44. The van der Waals surface area contributed by atoms with Gasteiger partial charge >= 0.3 is 0 Å². The Kier molecular flexibility index (Phi) is 5.63. The zero-order valence-electron chi connectivity index (χ0n) is 23.2. The number of rotatable bonds is 3. The van der Waals surface area contributed by atoms with Crippen molar-refractivity contribution in [2.45, 2.75) is 25.2 Å². The summed E-state index contributed by atoms with van der Waals surface area (Å²) >= 11 is 0. The van der Waals surface area contributed by atoms with Crippen LogP contribution in [0.1, 0.15) is 35.4 Å². The highest BCUT2D eigenvalue weighted by atomic mass is 15.0. The van der Waals surface area contributed by atoms with Gasteiger partial charge in [-0.15, -0.1) is 0 Å². The molecule has 0 N–H and O–H groups in total. The van der Waals surface area contributed by atoms with E-state index in [1.165, 1.54) is 66.4 Å². The molecule has 1 aromatic heterocycles. The summed E-state index contributed by atoms with van der Waals surface area (Å²) in [6, 6.07) is 53.7. The minimum atomic E-state index is 0.417. The average molecular weight is 526 g/mol. The van der Waals surface area contributed by atoms with Gasteiger partial charge in [-0.1, -0.05) is 116 Å².